The number of likely N-dealkylation sites (tertiary alicyclic amines) is 1. The van der Waals surface area contributed by atoms with Gasteiger partial charge in [0, 0.05) is 0 Å². The largest absolute Gasteiger partial charge is 0.398 e. The Morgan fingerprint density at radius 3 is 2.35 bits per heavy atom. The van der Waals surface area contributed by atoms with E-state index < -0.39 is 5.60 Å². The van der Waals surface area contributed by atoms with Crippen LogP contribution in [0.25, 0.3) is 0 Å². The average Bonchev–Trinajstić information content (AvgIpc) is 2.93. The number of benzene rings is 1. The Bertz CT molecular complexity index is 565. The minimum absolute atomic E-state index is 0.333. The average molecular weight is 379 g/mol. The molecule has 4 heteroatoms. The zero-order chi connectivity index (χ0) is 18.4. The van der Waals surface area contributed by atoms with E-state index in [2.05, 4.69) is 4.90 Å². The van der Waals surface area contributed by atoms with E-state index in [9.17, 15) is 5.11 Å². The lowest BCUT2D eigenvalue weighted by Crippen LogP contribution is -2.37. The molecule has 1 saturated heterocycles. The number of rotatable bonds is 6. The fourth-order valence-electron chi connectivity index (χ4n) is 4.89. The fourth-order valence-corrected chi connectivity index (χ4v) is 5.07. The number of anilines is 1. The van der Waals surface area contributed by atoms with Gasteiger partial charge in [-0.3, -0.25) is 0 Å². The normalized spacial score (nSPS) is 22.7. The first kappa shape index (κ1) is 20.0. The van der Waals surface area contributed by atoms with Crippen molar-refractivity contribution < 1.29 is 5.11 Å². The lowest BCUT2D eigenvalue weighted by molar-refractivity contribution is -0.0489. The summed E-state index contributed by atoms with van der Waals surface area (Å²) in [6.07, 6.45) is 13.2. The Morgan fingerprint density at radius 1 is 1.04 bits per heavy atom. The van der Waals surface area contributed by atoms with Crippen molar-refractivity contribution in [3.8, 4) is 0 Å². The molecule has 1 atom stereocenters. The van der Waals surface area contributed by atoms with Crippen LogP contribution in [0.5, 0.6) is 0 Å². The molecule has 26 heavy (non-hydrogen) atoms. The Labute approximate surface area is 163 Å². The van der Waals surface area contributed by atoms with Crippen LogP contribution in [-0.2, 0) is 5.60 Å². The van der Waals surface area contributed by atoms with E-state index in [-0.39, 0.29) is 0 Å². The van der Waals surface area contributed by atoms with Crippen LogP contribution in [0.4, 0.5) is 5.69 Å². The number of aliphatic hydroxyl groups is 1. The molecule has 1 saturated carbocycles. The van der Waals surface area contributed by atoms with Crippen molar-refractivity contribution in [2.75, 3.05) is 25.4 Å². The zero-order valence-corrected chi connectivity index (χ0v) is 16.8. The molecule has 0 bridgehead atoms. The molecule has 1 aliphatic carbocycles. The van der Waals surface area contributed by atoms with E-state index in [0.29, 0.717) is 16.6 Å². The molecule has 1 heterocycles. The number of hydrogen-bond acceptors (Lipinski definition) is 3. The van der Waals surface area contributed by atoms with Crippen LogP contribution >= 0.6 is 11.6 Å². The van der Waals surface area contributed by atoms with Crippen LogP contribution in [0, 0.1) is 5.92 Å². The monoisotopic (exact) mass is 378 g/mol. The van der Waals surface area contributed by atoms with Crippen LogP contribution < -0.4 is 5.73 Å². The van der Waals surface area contributed by atoms with Gasteiger partial charge in [0.25, 0.3) is 0 Å². The molecule has 0 radical (unpaired) electrons. The second-order valence-electron chi connectivity index (χ2n) is 8.35. The van der Waals surface area contributed by atoms with E-state index in [1.807, 2.05) is 18.2 Å². The summed E-state index contributed by atoms with van der Waals surface area (Å²) in [5.41, 5.74) is 6.68. The highest BCUT2D eigenvalue weighted by Gasteiger charge is 2.38. The van der Waals surface area contributed by atoms with Gasteiger partial charge in [0.15, 0.2) is 0 Å². The smallest absolute Gasteiger partial charge is 0.0925 e. The summed E-state index contributed by atoms with van der Waals surface area (Å²) in [6, 6.07) is 5.74. The molecule has 1 aliphatic heterocycles. The van der Waals surface area contributed by atoms with Crippen LogP contribution in [0.15, 0.2) is 18.2 Å². The van der Waals surface area contributed by atoms with Crippen LogP contribution in [0.1, 0.15) is 76.2 Å². The predicted molar refractivity (Wildman–Crippen MR) is 110 cm³/mol. The summed E-state index contributed by atoms with van der Waals surface area (Å²) in [6.45, 7) is 3.53. The first-order valence-electron chi connectivity index (χ1n) is 10.6. The van der Waals surface area contributed by atoms with Gasteiger partial charge >= 0.3 is 0 Å². The summed E-state index contributed by atoms with van der Waals surface area (Å²) < 4.78 is 0. The summed E-state index contributed by atoms with van der Waals surface area (Å²) in [4.78, 5) is 2.59. The van der Waals surface area contributed by atoms with Crippen molar-refractivity contribution in [1.29, 1.82) is 0 Å². The Kier molecular flexibility index (Phi) is 7.25. The molecule has 3 rings (SSSR count). The van der Waals surface area contributed by atoms with Gasteiger partial charge < -0.3 is 15.7 Å². The van der Waals surface area contributed by atoms with Gasteiger partial charge in [0.2, 0.25) is 0 Å². The van der Waals surface area contributed by atoms with Crippen molar-refractivity contribution in [2.45, 2.75) is 76.2 Å². The Hall–Kier alpha value is -0.770. The van der Waals surface area contributed by atoms with Crippen molar-refractivity contribution in [3.05, 3.63) is 28.8 Å². The number of nitrogens with zero attached hydrogens (tertiary/aromatic N) is 1. The molecule has 146 valence electrons. The summed E-state index contributed by atoms with van der Waals surface area (Å²) in [5.74, 6) is 0.333. The molecule has 0 amide bonds. The van der Waals surface area contributed by atoms with Crippen molar-refractivity contribution in [1.82, 2.24) is 4.90 Å². The molecular formula is C22H35ClN2O. The first-order chi connectivity index (χ1) is 12.6. The lowest BCUT2D eigenvalue weighted by Gasteiger charge is -2.40. The minimum Gasteiger partial charge on any atom is -0.398 e. The van der Waals surface area contributed by atoms with Crippen molar-refractivity contribution in [3.63, 3.8) is 0 Å². The van der Waals surface area contributed by atoms with Gasteiger partial charge in [-0.1, -0.05) is 49.8 Å². The van der Waals surface area contributed by atoms with Crippen LogP contribution in [0.2, 0.25) is 5.02 Å². The second kappa shape index (κ2) is 9.43. The SMILES string of the molecule is Nc1ccc(C(O)(CCCN2CCCCCC2)C2CCCCC2)cc1Cl. The summed E-state index contributed by atoms with van der Waals surface area (Å²) in [7, 11) is 0. The molecule has 2 fully saturated rings. The molecular weight excluding hydrogens is 344 g/mol. The number of nitrogens with two attached hydrogens (primary N) is 1. The highest BCUT2D eigenvalue weighted by atomic mass is 35.5. The van der Waals surface area contributed by atoms with Gasteiger partial charge in [-0.15, -0.1) is 0 Å². The van der Waals surface area contributed by atoms with Gasteiger partial charge in [0.05, 0.1) is 16.3 Å². The van der Waals surface area contributed by atoms with Gasteiger partial charge in [0.1, 0.15) is 0 Å². The molecule has 3 N–H and O–H groups in total. The lowest BCUT2D eigenvalue weighted by atomic mass is 9.71. The molecule has 0 aromatic heterocycles. The van der Waals surface area contributed by atoms with E-state index in [0.717, 1.165) is 37.8 Å². The minimum atomic E-state index is -0.774. The number of halogens is 1. The van der Waals surface area contributed by atoms with Crippen LogP contribution in [-0.4, -0.2) is 29.6 Å². The molecule has 0 spiro atoms. The molecule has 2 aliphatic rings. The standard InChI is InChI=1S/C22H35ClN2O/c23-20-17-19(11-12-21(20)24)22(26,18-9-4-3-5-10-18)13-8-16-25-14-6-1-2-7-15-25/h11-12,17-18,26H,1-10,13-16,24H2. The topological polar surface area (TPSA) is 49.5 Å². The van der Waals surface area contributed by atoms with E-state index in [4.69, 9.17) is 17.3 Å². The molecule has 3 nitrogen and oxygen atoms in total. The zero-order valence-electron chi connectivity index (χ0n) is 16.1. The number of hydrogen-bond donors (Lipinski definition) is 2. The highest BCUT2D eigenvalue weighted by Crippen LogP contribution is 2.43. The van der Waals surface area contributed by atoms with Gasteiger partial charge in [-0.25, -0.2) is 0 Å². The maximum atomic E-state index is 11.8. The number of nitrogen functional groups attached to an aromatic ring is 1. The summed E-state index contributed by atoms with van der Waals surface area (Å²) in [5, 5.41) is 12.3. The van der Waals surface area contributed by atoms with E-state index in [1.165, 1.54) is 58.0 Å². The molecule has 1 unspecified atom stereocenters. The van der Waals surface area contributed by atoms with Crippen molar-refractivity contribution >= 4 is 17.3 Å². The third kappa shape index (κ3) is 4.94. The van der Waals surface area contributed by atoms with Crippen LogP contribution in [0.3, 0.4) is 0 Å². The molecule has 1 aromatic carbocycles. The quantitative estimate of drug-likeness (QED) is 0.656. The van der Waals surface area contributed by atoms with Gasteiger partial charge in [-0.05, 0) is 81.8 Å². The third-order valence-corrected chi connectivity index (χ3v) is 6.84. The van der Waals surface area contributed by atoms with Crippen molar-refractivity contribution in [2.24, 2.45) is 5.92 Å². The highest BCUT2D eigenvalue weighted by molar-refractivity contribution is 6.33. The third-order valence-electron chi connectivity index (χ3n) is 6.51. The molecule has 1 aromatic rings. The second-order valence-corrected chi connectivity index (χ2v) is 8.76. The maximum absolute atomic E-state index is 11.8. The Balaban J connectivity index is 1.70. The predicted octanol–water partition coefficient (Wildman–Crippen LogP) is 5.35. The van der Waals surface area contributed by atoms with E-state index in [1.54, 1.807) is 0 Å². The fraction of sp³-hybridized carbons (Fsp3) is 0.727. The summed E-state index contributed by atoms with van der Waals surface area (Å²) >= 11 is 6.29. The van der Waals surface area contributed by atoms with E-state index >= 15 is 0 Å². The maximum Gasteiger partial charge on any atom is 0.0925 e. The Morgan fingerprint density at radius 2 is 1.69 bits per heavy atom. The van der Waals surface area contributed by atoms with Gasteiger partial charge in [-0.2, -0.15) is 0 Å². The first-order valence-corrected chi connectivity index (χ1v) is 11.0.